The third-order valence-corrected chi connectivity index (χ3v) is 2.38. The first-order valence-electron chi connectivity index (χ1n) is 4.63. The summed E-state index contributed by atoms with van der Waals surface area (Å²) in [6, 6.07) is 0. The van der Waals surface area contributed by atoms with Crippen molar-refractivity contribution in [2.75, 3.05) is 0 Å². The van der Waals surface area contributed by atoms with Crippen molar-refractivity contribution >= 4 is 5.97 Å². The Labute approximate surface area is 83.6 Å². The van der Waals surface area contributed by atoms with Crippen LogP contribution in [0.3, 0.4) is 0 Å². The number of imidazole rings is 1. The van der Waals surface area contributed by atoms with Crippen LogP contribution in [0.1, 0.15) is 39.3 Å². The Morgan fingerprint density at radius 2 is 2.14 bits per heavy atom. The van der Waals surface area contributed by atoms with Gasteiger partial charge in [0, 0.05) is 11.9 Å². The average Bonchev–Trinajstić information content (AvgIpc) is 2.51. The van der Waals surface area contributed by atoms with Crippen LogP contribution in [0.4, 0.5) is 0 Å². The summed E-state index contributed by atoms with van der Waals surface area (Å²) in [6.07, 6.45) is 3.29. The molecule has 78 valence electrons. The molecule has 1 aromatic rings. The van der Waals surface area contributed by atoms with Crippen molar-refractivity contribution in [1.29, 1.82) is 0 Å². The van der Waals surface area contributed by atoms with Gasteiger partial charge in [-0.3, -0.25) is 0 Å². The fourth-order valence-electron chi connectivity index (χ4n) is 1.30. The molecule has 0 fully saturated rings. The number of aromatic nitrogens is 2. The van der Waals surface area contributed by atoms with Crippen molar-refractivity contribution in [3.63, 3.8) is 0 Å². The molecule has 14 heavy (non-hydrogen) atoms. The molecule has 0 saturated heterocycles. The average molecular weight is 196 g/mol. The molecular weight excluding hydrogens is 180 g/mol. The monoisotopic (exact) mass is 196 g/mol. The topological polar surface area (TPSA) is 55.1 Å². The molecule has 0 amide bonds. The van der Waals surface area contributed by atoms with Gasteiger partial charge < -0.3 is 9.67 Å². The number of carbonyl (C=O) groups is 1. The van der Waals surface area contributed by atoms with Gasteiger partial charge in [-0.1, -0.05) is 13.8 Å². The lowest BCUT2D eigenvalue weighted by molar-refractivity contribution is -0.145. The summed E-state index contributed by atoms with van der Waals surface area (Å²) in [4.78, 5) is 15.0. The van der Waals surface area contributed by atoms with E-state index >= 15 is 0 Å². The highest BCUT2D eigenvalue weighted by Gasteiger charge is 2.31. The third-order valence-electron chi connectivity index (χ3n) is 2.38. The van der Waals surface area contributed by atoms with Crippen molar-refractivity contribution in [2.24, 2.45) is 0 Å². The summed E-state index contributed by atoms with van der Waals surface area (Å²) >= 11 is 0. The lowest BCUT2D eigenvalue weighted by Gasteiger charge is -2.24. The van der Waals surface area contributed by atoms with Crippen LogP contribution in [0.5, 0.6) is 0 Å². The zero-order chi connectivity index (χ0) is 10.9. The molecule has 1 rings (SSSR count). The van der Waals surface area contributed by atoms with Crippen LogP contribution in [0.15, 0.2) is 12.5 Å². The molecule has 0 saturated carbocycles. The second-order valence-electron chi connectivity index (χ2n) is 4.21. The van der Waals surface area contributed by atoms with Gasteiger partial charge in [0.05, 0.1) is 6.33 Å². The molecule has 1 heterocycles. The molecule has 0 spiro atoms. The molecule has 1 N–H and O–H groups in total. The maximum absolute atomic E-state index is 11.0. The Kier molecular flexibility index (Phi) is 2.64. The minimum atomic E-state index is -0.934. The number of carboxylic acid groups (broad SMARTS) is 1. The van der Waals surface area contributed by atoms with E-state index in [2.05, 4.69) is 4.98 Å². The van der Waals surface area contributed by atoms with Gasteiger partial charge in [0.1, 0.15) is 5.54 Å². The number of hydrogen-bond donors (Lipinski definition) is 1. The number of rotatable bonds is 3. The molecule has 4 heteroatoms. The van der Waals surface area contributed by atoms with E-state index < -0.39 is 11.5 Å². The Balaban J connectivity index is 3.18. The van der Waals surface area contributed by atoms with Gasteiger partial charge in [0.25, 0.3) is 0 Å². The molecule has 0 aliphatic carbocycles. The second-order valence-corrected chi connectivity index (χ2v) is 4.21. The fourth-order valence-corrected chi connectivity index (χ4v) is 1.30. The highest BCUT2D eigenvalue weighted by atomic mass is 16.4. The molecule has 4 nitrogen and oxygen atoms in total. The van der Waals surface area contributed by atoms with E-state index in [1.165, 1.54) is 0 Å². The van der Waals surface area contributed by atoms with Crippen LogP contribution < -0.4 is 0 Å². The molecule has 0 aliphatic rings. The van der Waals surface area contributed by atoms with Gasteiger partial charge in [0.2, 0.25) is 0 Å². The van der Waals surface area contributed by atoms with Crippen molar-refractivity contribution in [2.45, 2.75) is 39.2 Å². The minimum absolute atomic E-state index is 0.274. The maximum atomic E-state index is 11.0. The molecule has 0 radical (unpaired) electrons. The van der Waals surface area contributed by atoms with E-state index in [1.54, 1.807) is 30.9 Å². The molecule has 0 atom stereocenters. The summed E-state index contributed by atoms with van der Waals surface area (Å²) in [5.74, 6) is -0.575. The number of aliphatic carboxylic acids is 1. The van der Waals surface area contributed by atoms with Crippen LogP contribution in [-0.2, 0) is 10.3 Å². The predicted octanol–water partition coefficient (Wildman–Crippen LogP) is 1.83. The Morgan fingerprint density at radius 3 is 2.57 bits per heavy atom. The lowest BCUT2D eigenvalue weighted by atomic mass is 10.0. The van der Waals surface area contributed by atoms with Crippen molar-refractivity contribution in [1.82, 2.24) is 9.55 Å². The highest BCUT2D eigenvalue weighted by molar-refractivity contribution is 5.75. The molecule has 1 aromatic heterocycles. The molecule has 0 aliphatic heterocycles. The van der Waals surface area contributed by atoms with Crippen LogP contribution in [0.25, 0.3) is 0 Å². The SMILES string of the molecule is CC(C)c1cncn1C(C)(C)C(=O)O. The predicted molar refractivity (Wildman–Crippen MR) is 53.3 cm³/mol. The smallest absolute Gasteiger partial charge is 0.329 e. The number of hydrogen-bond acceptors (Lipinski definition) is 2. The van der Waals surface area contributed by atoms with Gasteiger partial charge in [0.15, 0.2) is 0 Å². The summed E-state index contributed by atoms with van der Waals surface area (Å²) in [6.45, 7) is 7.38. The first-order chi connectivity index (χ1) is 6.37. The summed E-state index contributed by atoms with van der Waals surface area (Å²) in [7, 11) is 0. The highest BCUT2D eigenvalue weighted by Crippen LogP contribution is 2.22. The molecule has 0 bridgehead atoms. The van der Waals surface area contributed by atoms with Gasteiger partial charge in [-0.15, -0.1) is 0 Å². The lowest BCUT2D eigenvalue weighted by Crippen LogP contribution is -2.36. The first kappa shape index (κ1) is 10.8. The van der Waals surface area contributed by atoms with E-state index in [4.69, 9.17) is 5.11 Å². The van der Waals surface area contributed by atoms with Gasteiger partial charge in [-0.05, 0) is 19.8 Å². The second kappa shape index (κ2) is 3.44. The van der Waals surface area contributed by atoms with Gasteiger partial charge in [-0.25, -0.2) is 9.78 Å². The minimum Gasteiger partial charge on any atom is -0.480 e. The van der Waals surface area contributed by atoms with E-state index in [-0.39, 0.29) is 5.92 Å². The first-order valence-corrected chi connectivity index (χ1v) is 4.63. The van der Waals surface area contributed by atoms with E-state index in [1.807, 2.05) is 13.8 Å². The van der Waals surface area contributed by atoms with Crippen LogP contribution in [0.2, 0.25) is 0 Å². The summed E-state index contributed by atoms with van der Waals surface area (Å²) in [5, 5.41) is 9.07. The molecular formula is C10H16N2O2. The Morgan fingerprint density at radius 1 is 1.57 bits per heavy atom. The number of nitrogens with zero attached hydrogens (tertiary/aromatic N) is 2. The Hall–Kier alpha value is -1.32. The standard InChI is InChI=1S/C10H16N2O2/c1-7(2)8-5-11-6-12(8)10(3,4)9(13)14/h5-7H,1-4H3,(H,13,14). The quantitative estimate of drug-likeness (QED) is 0.802. The number of carboxylic acids is 1. The van der Waals surface area contributed by atoms with Crippen molar-refractivity contribution in [3.05, 3.63) is 18.2 Å². The van der Waals surface area contributed by atoms with Crippen LogP contribution in [-0.4, -0.2) is 20.6 Å². The van der Waals surface area contributed by atoms with E-state index in [0.717, 1.165) is 5.69 Å². The molecule has 0 unspecified atom stereocenters. The third kappa shape index (κ3) is 1.64. The fraction of sp³-hybridized carbons (Fsp3) is 0.600. The molecule has 0 aromatic carbocycles. The van der Waals surface area contributed by atoms with Crippen LogP contribution in [0, 0.1) is 0 Å². The normalized spacial score (nSPS) is 12.1. The van der Waals surface area contributed by atoms with Gasteiger partial charge in [-0.2, -0.15) is 0 Å². The maximum Gasteiger partial charge on any atom is 0.329 e. The zero-order valence-corrected chi connectivity index (χ0v) is 8.98. The van der Waals surface area contributed by atoms with Gasteiger partial charge >= 0.3 is 5.97 Å². The zero-order valence-electron chi connectivity index (χ0n) is 8.98. The van der Waals surface area contributed by atoms with Crippen molar-refractivity contribution in [3.8, 4) is 0 Å². The van der Waals surface area contributed by atoms with Crippen LogP contribution >= 0.6 is 0 Å². The van der Waals surface area contributed by atoms with E-state index in [0.29, 0.717) is 0 Å². The summed E-state index contributed by atoms with van der Waals surface area (Å²) in [5.41, 5.74) is 0.00762. The largest absolute Gasteiger partial charge is 0.480 e. The Bertz CT molecular complexity index is 340. The summed E-state index contributed by atoms with van der Waals surface area (Å²) < 4.78 is 1.71. The van der Waals surface area contributed by atoms with E-state index in [9.17, 15) is 4.79 Å². The van der Waals surface area contributed by atoms with Crippen molar-refractivity contribution < 1.29 is 9.90 Å².